The molecule has 10 heteroatoms. The molecule has 2 aromatic rings. The lowest BCUT2D eigenvalue weighted by Gasteiger charge is -2.30. The topological polar surface area (TPSA) is 85.4 Å². The molecule has 0 spiro atoms. The zero-order valence-corrected chi connectivity index (χ0v) is 19.8. The standard InChI is InChI=1S/C24H33F2N5O3/c1-23(25,26)21-9-20(29-34-21)24-10-17(24)12-31(15-24)8-7-16-3-5-18(6-4-16)28-22(32)14-33-19-11-27-30(2)13-19/h9,11,13,16-18H,3-8,10,12,14-15H2,1-2H3,(H,28,32)/t16-,17-,18-,24-/m0/s1. The molecular formula is C24H33F2N5O3. The average Bonchev–Trinajstić information content (AvgIpc) is 3.21. The van der Waals surface area contributed by atoms with Crippen LogP contribution in [-0.2, 0) is 23.2 Å². The number of aryl methyl sites for hydroxylation is 1. The number of carbonyl (C=O) groups excluding carboxylic acids is 1. The van der Waals surface area contributed by atoms with Crippen LogP contribution in [0.4, 0.5) is 8.78 Å². The van der Waals surface area contributed by atoms with Crippen LogP contribution in [0.25, 0.3) is 0 Å². The van der Waals surface area contributed by atoms with Gasteiger partial charge in [-0.25, -0.2) is 0 Å². The van der Waals surface area contributed by atoms with E-state index in [9.17, 15) is 13.6 Å². The molecule has 1 N–H and O–H groups in total. The van der Waals surface area contributed by atoms with Gasteiger partial charge in [-0.1, -0.05) is 5.16 Å². The van der Waals surface area contributed by atoms with Gasteiger partial charge < -0.3 is 19.5 Å². The summed E-state index contributed by atoms with van der Waals surface area (Å²) in [5.74, 6) is -1.68. The van der Waals surface area contributed by atoms with E-state index in [4.69, 9.17) is 9.26 Å². The number of fused-ring (bicyclic) bond motifs is 1. The number of hydrogen-bond acceptors (Lipinski definition) is 6. The summed E-state index contributed by atoms with van der Waals surface area (Å²) in [6, 6.07) is 1.67. The molecule has 3 aliphatic rings. The van der Waals surface area contributed by atoms with E-state index in [1.807, 2.05) is 0 Å². The molecular weight excluding hydrogens is 444 g/mol. The molecule has 5 rings (SSSR count). The second-order valence-corrected chi connectivity index (χ2v) is 10.5. The first-order valence-corrected chi connectivity index (χ1v) is 12.2. The molecule has 1 aliphatic heterocycles. The third-order valence-corrected chi connectivity index (χ3v) is 7.79. The molecule has 2 atom stereocenters. The van der Waals surface area contributed by atoms with Gasteiger partial charge in [0, 0.05) is 44.6 Å². The zero-order valence-electron chi connectivity index (χ0n) is 19.8. The predicted molar refractivity (Wildman–Crippen MR) is 120 cm³/mol. The molecule has 1 amide bonds. The Hall–Kier alpha value is -2.49. The van der Waals surface area contributed by atoms with Crippen molar-refractivity contribution in [3.63, 3.8) is 0 Å². The number of rotatable bonds is 9. The van der Waals surface area contributed by atoms with Crippen molar-refractivity contribution in [2.45, 2.75) is 62.8 Å². The van der Waals surface area contributed by atoms with Crippen molar-refractivity contribution in [3.8, 4) is 5.75 Å². The Labute approximate surface area is 198 Å². The number of alkyl halides is 2. The SMILES string of the molecule is Cn1cc(OCC(=O)N[C@H]2CC[C@H](CCN3C[C@@H]4C[C@]4(c4cc(C(C)(F)F)on4)C3)CC2)cn1. The van der Waals surface area contributed by atoms with Crippen molar-refractivity contribution in [1.82, 2.24) is 25.2 Å². The highest BCUT2D eigenvalue weighted by Gasteiger charge is 2.62. The Bertz CT molecular complexity index is 1010. The fourth-order valence-electron chi connectivity index (χ4n) is 5.72. The molecule has 2 saturated carbocycles. The van der Waals surface area contributed by atoms with Gasteiger partial charge in [0.2, 0.25) is 5.76 Å². The number of amides is 1. The minimum atomic E-state index is -2.99. The molecule has 2 aliphatic carbocycles. The summed E-state index contributed by atoms with van der Waals surface area (Å²) in [6.45, 7) is 3.75. The zero-order chi connectivity index (χ0) is 23.9. The number of carbonyl (C=O) groups is 1. The molecule has 0 aromatic carbocycles. The lowest BCUT2D eigenvalue weighted by atomic mass is 9.84. The van der Waals surface area contributed by atoms with Gasteiger partial charge >= 0.3 is 5.92 Å². The maximum absolute atomic E-state index is 13.5. The van der Waals surface area contributed by atoms with Crippen LogP contribution in [0.3, 0.4) is 0 Å². The Morgan fingerprint density at radius 1 is 1.35 bits per heavy atom. The number of nitrogens with zero attached hydrogens (tertiary/aromatic N) is 4. The van der Waals surface area contributed by atoms with E-state index in [2.05, 4.69) is 20.5 Å². The van der Waals surface area contributed by atoms with E-state index in [-0.39, 0.29) is 29.7 Å². The first kappa shape index (κ1) is 23.3. The largest absolute Gasteiger partial charge is 0.480 e. The van der Waals surface area contributed by atoms with Crippen LogP contribution >= 0.6 is 0 Å². The van der Waals surface area contributed by atoms with Crippen molar-refractivity contribution < 1.29 is 22.8 Å². The number of piperidine rings is 1. The molecule has 186 valence electrons. The van der Waals surface area contributed by atoms with E-state index in [0.29, 0.717) is 23.3 Å². The molecule has 3 heterocycles. The Morgan fingerprint density at radius 2 is 2.15 bits per heavy atom. The average molecular weight is 478 g/mol. The normalized spacial score (nSPS) is 29.1. The predicted octanol–water partition coefficient (Wildman–Crippen LogP) is 3.24. The lowest BCUT2D eigenvalue weighted by Crippen LogP contribution is -2.40. The van der Waals surface area contributed by atoms with Crippen LogP contribution in [0.1, 0.15) is 56.9 Å². The summed E-state index contributed by atoms with van der Waals surface area (Å²) in [5, 5.41) is 11.1. The molecule has 2 aromatic heterocycles. The van der Waals surface area contributed by atoms with Crippen LogP contribution in [0.5, 0.6) is 5.75 Å². The lowest BCUT2D eigenvalue weighted by molar-refractivity contribution is -0.124. The van der Waals surface area contributed by atoms with Crippen molar-refractivity contribution in [2.24, 2.45) is 18.9 Å². The molecule has 8 nitrogen and oxygen atoms in total. The summed E-state index contributed by atoms with van der Waals surface area (Å²) in [4.78, 5) is 14.6. The van der Waals surface area contributed by atoms with Crippen LogP contribution in [-0.4, -0.2) is 58.0 Å². The molecule has 34 heavy (non-hydrogen) atoms. The second kappa shape index (κ2) is 8.94. The fraction of sp³-hybridized carbons (Fsp3) is 0.708. The van der Waals surface area contributed by atoms with Gasteiger partial charge in [-0.3, -0.25) is 9.48 Å². The molecule has 3 fully saturated rings. The summed E-state index contributed by atoms with van der Waals surface area (Å²) in [6.07, 6.45) is 9.66. The Balaban J connectivity index is 1.01. The number of aromatic nitrogens is 3. The van der Waals surface area contributed by atoms with Crippen LogP contribution in [0.15, 0.2) is 23.0 Å². The fourth-order valence-corrected chi connectivity index (χ4v) is 5.72. The Morgan fingerprint density at radius 3 is 2.82 bits per heavy atom. The van der Waals surface area contributed by atoms with E-state index in [0.717, 1.165) is 65.1 Å². The van der Waals surface area contributed by atoms with Gasteiger partial charge in [0.15, 0.2) is 12.4 Å². The van der Waals surface area contributed by atoms with Gasteiger partial charge in [0.1, 0.15) is 0 Å². The second-order valence-electron chi connectivity index (χ2n) is 10.5. The summed E-state index contributed by atoms with van der Waals surface area (Å²) in [7, 11) is 1.80. The molecule has 0 radical (unpaired) electrons. The monoisotopic (exact) mass is 477 g/mol. The van der Waals surface area contributed by atoms with Crippen LogP contribution in [0, 0.1) is 11.8 Å². The maximum Gasteiger partial charge on any atom is 0.304 e. The number of nitrogens with one attached hydrogen (secondary N) is 1. The third kappa shape index (κ3) is 4.96. The van der Waals surface area contributed by atoms with Crippen LogP contribution < -0.4 is 10.1 Å². The Kier molecular flexibility index (Phi) is 6.12. The smallest absolute Gasteiger partial charge is 0.304 e. The van der Waals surface area contributed by atoms with E-state index < -0.39 is 5.92 Å². The van der Waals surface area contributed by atoms with Gasteiger partial charge in [-0.15, -0.1) is 0 Å². The highest BCUT2D eigenvalue weighted by Crippen LogP contribution is 2.59. The van der Waals surface area contributed by atoms with E-state index >= 15 is 0 Å². The summed E-state index contributed by atoms with van der Waals surface area (Å²) >= 11 is 0. The third-order valence-electron chi connectivity index (χ3n) is 7.79. The van der Waals surface area contributed by atoms with Crippen molar-refractivity contribution in [2.75, 3.05) is 26.2 Å². The minimum absolute atomic E-state index is 0.00636. The highest BCUT2D eigenvalue weighted by molar-refractivity contribution is 5.77. The highest BCUT2D eigenvalue weighted by atomic mass is 19.3. The maximum atomic E-state index is 13.5. The van der Waals surface area contributed by atoms with Gasteiger partial charge in [0.25, 0.3) is 5.91 Å². The number of likely N-dealkylation sites (tertiary alicyclic amines) is 1. The van der Waals surface area contributed by atoms with Crippen LogP contribution in [0.2, 0.25) is 0 Å². The number of hydrogen-bond donors (Lipinski definition) is 1. The van der Waals surface area contributed by atoms with E-state index in [1.54, 1.807) is 24.1 Å². The minimum Gasteiger partial charge on any atom is -0.480 e. The van der Waals surface area contributed by atoms with Crippen molar-refractivity contribution in [3.05, 3.63) is 29.9 Å². The molecule has 0 unspecified atom stereocenters. The first-order valence-electron chi connectivity index (χ1n) is 12.2. The number of ether oxygens (including phenoxy) is 1. The molecule has 1 saturated heterocycles. The van der Waals surface area contributed by atoms with Crippen molar-refractivity contribution >= 4 is 5.91 Å². The summed E-state index contributed by atoms with van der Waals surface area (Å²) in [5.41, 5.74) is 0.604. The van der Waals surface area contributed by atoms with Crippen molar-refractivity contribution in [1.29, 1.82) is 0 Å². The summed E-state index contributed by atoms with van der Waals surface area (Å²) < 4.78 is 39.1. The molecule has 0 bridgehead atoms. The quantitative estimate of drug-likeness (QED) is 0.597. The van der Waals surface area contributed by atoms with Gasteiger partial charge in [0.05, 0.1) is 18.1 Å². The van der Waals surface area contributed by atoms with E-state index in [1.165, 1.54) is 6.07 Å². The first-order chi connectivity index (χ1) is 16.2. The van der Waals surface area contributed by atoms with Gasteiger partial charge in [-0.2, -0.15) is 13.9 Å². The number of halogens is 2. The van der Waals surface area contributed by atoms with Gasteiger partial charge in [-0.05, 0) is 56.9 Å².